The largest absolute Gasteiger partial charge is 0.390 e. The van der Waals surface area contributed by atoms with Crippen molar-refractivity contribution >= 4 is 56.1 Å². The van der Waals surface area contributed by atoms with Gasteiger partial charge in [0.05, 0.1) is 22.2 Å². The predicted octanol–water partition coefficient (Wildman–Crippen LogP) is 1.03. The molecule has 158 valence electrons. The maximum Gasteiger partial charge on any atom is 0.303 e. The fraction of sp³-hybridized carbons (Fsp3) is 0.412. The Morgan fingerprint density at radius 3 is 2.59 bits per heavy atom. The first kappa shape index (κ1) is 21.8. The van der Waals surface area contributed by atoms with Gasteiger partial charge in [-0.05, 0) is 24.6 Å². The van der Waals surface area contributed by atoms with E-state index >= 15 is 0 Å². The Balaban J connectivity index is 1.74. The van der Waals surface area contributed by atoms with Crippen LogP contribution in [0.2, 0.25) is 10.0 Å². The van der Waals surface area contributed by atoms with Crippen LogP contribution in [-0.4, -0.2) is 59.4 Å². The summed E-state index contributed by atoms with van der Waals surface area (Å²) in [6.45, 7) is 0.884. The number of aliphatic hydroxyl groups is 1. The molecule has 2 atom stereocenters. The van der Waals surface area contributed by atoms with Crippen molar-refractivity contribution in [2.45, 2.75) is 25.5 Å². The second kappa shape index (κ2) is 8.11. The fourth-order valence-electron chi connectivity index (χ4n) is 3.34. The summed E-state index contributed by atoms with van der Waals surface area (Å²) in [4.78, 5) is 23.8. The number of amides is 2. The van der Waals surface area contributed by atoms with Crippen LogP contribution < -0.4 is 10.0 Å². The number of halogens is 2. The van der Waals surface area contributed by atoms with Crippen LogP contribution in [0.5, 0.6) is 0 Å². The van der Waals surface area contributed by atoms with Gasteiger partial charge < -0.3 is 15.0 Å². The molecule has 0 bridgehead atoms. The molecule has 1 aromatic heterocycles. The zero-order chi connectivity index (χ0) is 21.5. The molecule has 29 heavy (non-hydrogen) atoms. The summed E-state index contributed by atoms with van der Waals surface area (Å²) in [5, 5.41) is 14.4. The predicted molar refractivity (Wildman–Crippen MR) is 109 cm³/mol. The third-order valence-electron chi connectivity index (χ3n) is 4.82. The minimum atomic E-state index is -4.02. The summed E-state index contributed by atoms with van der Waals surface area (Å²) in [5.74, 6) is -1.15. The molecule has 0 spiro atoms. The molecule has 1 fully saturated rings. The van der Waals surface area contributed by atoms with Gasteiger partial charge >= 0.3 is 10.2 Å². The van der Waals surface area contributed by atoms with Crippen molar-refractivity contribution in [3.05, 3.63) is 33.9 Å². The fourth-order valence-corrected chi connectivity index (χ4v) is 4.91. The van der Waals surface area contributed by atoms with E-state index in [-0.39, 0.29) is 19.5 Å². The second-order valence-electron chi connectivity index (χ2n) is 6.84. The van der Waals surface area contributed by atoms with Gasteiger partial charge in [-0.15, -0.1) is 0 Å². The van der Waals surface area contributed by atoms with Gasteiger partial charge in [0.2, 0.25) is 5.91 Å². The van der Waals surface area contributed by atoms with Crippen LogP contribution in [0, 0.1) is 0 Å². The molecule has 0 aliphatic carbocycles. The van der Waals surface area contributed by atoms with Gasteiger partial charge in [-0.25, -0.2) is 4.72 Å². The summed E-state index contributed by atoms with van der Waals surface area (Å²) in [5.41, 5.74) is 1.05. The van der Waals surface area contributed by atoms with Crippen LogP contribution >= 0.6 is 23.2 Å². The number of aryl methyl sites for hydroxylation is 1. The molecule has 0 radical (unpaired) electrons. The SMILES string of the molecule is CC(=O)NS(=O)(=O)N1CCC(NC(=O)c2cc3c(Cl)c(Cl)ccc3n2C)C(O)C1. The Morgan fingerprint density at radius 1 is 1.28 bits per heavy atom. The molecular weight excluding hydrogens is 443 g/mol. The Hall–Kier alpha value is -1.85. The van der Waals surface area contributed by atoms with Gasteiger partial charge in [0, 0.05) is 38.0 Å². The highest BCUT2D eigenvalue weighted by Gasteiger charge is 2.35. The lowest BCUT2D eigenvalue weighted by atomic mass is 10.0. The average Bonchev–Trinajstić information content (AvgIpc) is 2.96. The number of hydrogen-bond donors (Lipinski definition) is 3. The zero-order valence-electron chi connectivity index (χ0n) is 15.6. The number of carbonyl (C=O) groups is 2. The van der Waals surface area contributed by atoms with E-state index in [1.54, 1.807) is 29.8 Å². The summed E-state index contributed by atoms with van der Waals surface area (Å²) < 4.78 is 28.6. The van der Waals surface area contributed by atoms with Crippen molar-refractivity contribution in [2.24, 2.45) is 7.05 Å². The van der Waals surface area contributed by atoms with Crippen molar-refractivity contribution in [2.75, 3.05) is 13.1 Å². The summed E-state index contributed by atoms with van der Waals surface area (Å²) in [6, 6.07) is 4.36. The Morgan fingerprint density at radius 2 is 1.97 bits per heavy atom. The van der Waals surface area contributed by atoms with E-state index in [1.807, 2.05) is 4.72 Å². The molecule has 1 aliphatic heterocycles. The number of β-amino-alcohol motifs (C(OH)–C–C–N with tert-alkyl or cyclic N) is 1. The third-order valence-corrected chi connectivity index (χ3v) is 7.20. The summed E-state index contributed by atoms with van der Waals surface area (Å²) in [7, 11) is -2.31. The molecule has 3 N–H and O–H groups in total. The summed E-state index contributed by atoms with van der Waals surface area (Å²) in [6.07, 6.45) is -0.952. The van der Waals surface area contributed by atoms with Gasteiger partial charge in [0.25, 0.3) is 5.91 Å². The standard InChI is InChI=1S/C17H20Cl2N4O5S/c1-9(24)21-29(27,28)23-6-5-12(15(25)8-23)20-17(26)14-7-10-13(22(14)2)4-3-11(18)16(10)19/h3-4,7,12,15,25H,5-6,8H2,1-2H3,(H,20,26)(H,21,24). The minimum absolute atomic E-state index is 0.0428. The van der Waals surface area contributed by atoms with Crippen molar-refractivity contribution in [3.63, 3.8) is 0 Å². The number of aromatic nitrogens is 1. The van der Waals surface area contributed by atoms with Gasteiger partial charge in [-0.1, -0.05) is 23.2 Å². The highest BCUT2D eigenvalue weighted by molar-refractivity contribution is 7.87. The lowest BCUT2D eigenvalue weighted by Crippen LogP contribution is -2.57. The Kier molecular flexibility index (Phi) is 6.11. The number of benzene rings is 1. The molecule has 12 heteroatoms. The van der Waals surface area contributed by atoms with Gasteiger partial charge in [-0.2, -0.15) is 12.7 Å². The van der Waals surface area contributed by atoms with Crippen LogP contribution in [0.15, 0.2) is 18.2 Å². The van der Waals surface area contributed by atoms with Gasteiger partial charge in [0.15, 0.2) is 0 Å². The highest BCUT2D eigenvalue weighted by Crippen LogP contribution is 2.32. The number of nitrogens with one attached hydrogen (secondary N) is 2. The number of aliphatic hydroxyl groups excluding tert-OH is 1. The first-order chi connectivity index (χ1) is 13.5. The van der Waals surface area contributed by atoms with E-state index in [1.165, 1.54) is 0 Å². The van der Waals surface area contributed by atoms with E-state index in [4.69, 9.17) is 23.2 Å². The Labute approximate surface area is 177 Å². The monoisotopic (exact) mass is 462 g/mol. The van der Waals surface area contributed by atoms with Gasteiger partial charge in [-0.3, -0.25) is 9.59 Å². The van der Waals surface area contributed by atoms with Crippen molar-refractivity contribution in [3.8, 4) is 0 Å². The molecular formula is C17H20Cl2N4O5S. The number of hydrogen-bond acceptors (Lipinski definition) is 5. The van der Waals surface area contributed by atoms with E-state index < -0.39 is 34.2 Å². The van der Waals surface area contributed by atoms with E-state index in [9.17, 15) is 23.1 Å². The smallest absolute Gasteiger partial charge is 0.303 e. The lowest BCUT2D eigenvalue weighted by Gasteiger charge is -2.35. The molecule has 2 aromatic rings. The van der Waals surface area contributed by atoms with Crippen LogP contribution in [0.1, 0.15) is 23.8 Å². The van der Waals surface area contributed by atoms with Crippen molar-refractivity contribution in [1.29, 1.82) is 0 Å². The number of rotatable bonds is 4. The normalized spacial score (nSPS) is 20.6. The van der Waals surface area contributed by atoms with Crippen molar-refractivity contribution < 1.29 is 23.1 Å². The maximum atomic E-state index is 12.8. The molecule has 3 rings (SSSR count). The number of fused-ring (bicyclic) bond motifs is 1. The van der Waals surface area contributed by atoms with Crippen LogP contribution in [0.4, 0.5) is 0 Å². The zero-order valence-corrected chi connectivity index (χ0v) is 18.0. The first-order valence-electron chi connectivity index (χ1n) is 8.72. The number of carbonyl (C=O) groups excluding carboxylic acids is 2. The summed E-state index contributed by atoms with van der Waals surface area (Å²) >= 11 is 12.2. The van der Waals surface area contributed by atoms with Crippen LogP contribution in [0.25, 0.3) is 10.9 Å². The van der Waals surface area contributed by atoms with Crippen molar-refractivity contribution in [1.82, 2.24) is 18.9 Å². The van der Waals surface area contributed by atoms with E-state index in [2.05, 4.69) is 5.32 Å². The first-order valence-corrected chi connectivity index (χ1v) is 10.9. The number of piperidine rings is 1. The molecule has 1 aliphatic rings. The highest BCUT2D eigenvalue weighted by atomic mass is 35.5. The number of nitrogens with zero attached hydrogens (tertiary/aromatic N) is 2. The van der Waals surface area contributed by atoms with Gasteiger partial charge in [0.1, 0.15) is 5.69 Å². The molecule has 2 unspecified atom stereocenters. The quantitative estimate of drug-likeness (QED) is 0.626. The second-order valence-corrected chi connectivity index (χ2v) is 9.30. The van der Waals surface area contributed by atoms with Crippen LogP contribution in [0.3, 0.4) is 0 Å². The van der Waals surface area contributed by atoms with E-state index in [0.29, 0.717) is 21.1 Å². The molecule has 1 aromatic carbocycles. The van der Waals surface area contributed by atoms with Crippen LogP contribution in [-0.2, 0) is 22.1 Å². The molecule has 1 saturated heterocycles. The molecule has 2 amide bonds. The molecule has 0 saturated carbocycles. The maximum absolute atomic E-state index is 12.8. The minimum Gasteiger partial charge on any atom is -0.390 e. The van der Waals surface area contributed by atoms with E-state index in [0.717, 1.165) is 16.7 Å². The lowest BCUT2D eigenvalue weighted by molar-refractivity contribution is -0.117. The third kappa shape index (κ3) is 4.36. The topological polar surface area (TPSA) is 121 Å². The Bertz CT molecular complexity index is 1090. The molecule has 2 heterocycles. The average molecular weight is 463 g/mol. The molecule has 9 nitrogen and oxygen atoms in total.